The molecule has 1 aromatic carbocycles. The smallest absolute Gasteiger partial charge is 0.311 e. The zero-order valence-corrected chi connectivity index (χ0v) is 42.5. The lowest BCUT2D eigenvalue weighted by molar-refractivity contribution is -0.320. The van der Waals surface area contributed by atoms with Crippen molar-refractivity contribution in [1.29, 1.82) is 0 Å². The Bertz CT molecular complexity index is 1800. The van der Waals surface area contributed by atoms with Crippen molar-refractivity contribution >= 4 is 23.5 Å². The lowest BCUT2D eigenvalue weighted by Crippen LogP contribution is -2.61. The Morgan fingerprint density at radius 1 is 0.910 bits per heavy atom. The number of hydrogen-bond donors (Lipinski definition) is 5. The van der Waals surface area contributed by atoms with E-state index in [1.165, 1.54) is 26.5 Å². The first-order valence-electron chi connectivity index (χ1n) is 24.4. The van der Waals surface area contributed by atoms with Crippen molar-refractivity contribution in [3.63, 3.8) is 0 Å². The number of aliphatic hydroxyl groups excluding tert-OH is 2. The summed E-state index contributed by atoms with van der Waals surface area (Å²) in [6, 6.07) is 7.32. The van der Waals surface area contributed by atoms with Crippen LogP contribution in [0.3, 0.4) is 0 Å². The molecule has 67 heavy (non-hydrogen) atoms. The van der Waals surface area contributed by atoms with Gasteiger partial charge in [-0.25, -0.2) is 0 Å². The molecule has 5 rings (SSSR count). The van der Waals surface area contributed by atoms with E-state index in [1.807, 2.05) is 58.8 Å². The van der Waals surface area contributed by atoms with Gasteiger partial charge in [0, 0.05) is 57.3 Å². The summed E-state index contributed by atoms with van der Waals surface area (Å²) in [6.45, 7) is 18.0. The van der Waals surface area contributed by atoms with E-state index >= 15 is 0 Å². The number of amides is 1. The highest BCUT2D eigenvalue weighted by atomic mass is 16.7. The zero-order valence-electron chi connectivity index (χ0n) is 42.5. The number of cyclic esters (lactones) is 1. The summed E-state index contributed by atoms with van der Waals surface area (Å²) in [5.74, 6) is -4.30. The van der Waals surface area contributed by atoms with Gasteiger partial charge in [0.15, 0.2) is 18.7 Å². The van der Waals surface area contributed by atoms with Crippen LogP contribution in [0.15, 0.2) is 24.3 Å². The number of carbonyl (C=O) groups excluding carboxylic acids is 3. The largest absolute Gasteiger partial charge is 0.459 e. The highest BCUT2D eigenvalue weighted by Gasteiger charge is 2.54. The first kappa shape index (κ1) is 55.0. The molecule has 0 spiro atoms. The van der Waals surface area contributed by atoms with Gasteiger partial charge in [0.05, 0.1) is 48.0 Å². The molecule has 19 atom stereocenters. The highest BCUT2D eigenvalue weighted by Crippen LogP contribution is 2.41. The molecule has 0 aromatic heterocycles. The van der Waals surface area contributed by atoms with Gasteiger partial charge >= 0.3 is 11.9 Å². The number of methoxy groups -OCH3 is 2. The maximum Gasteiger partial charge on any atom is 0.311 e. The van der Waals surface area contributed by atoms with Crippen molar-refractivity contribution in [3.8, 4) is 0 Å². The van der Waals surface area contributed by atoms with E-state index < -0.39 is 108 Å². The normalized spacial score (nSPS) is 42.6. The summed E-state index contributed by atoms with van der Waals surface area (Å²) in [4.78, 5) is 43.7. The van der Waals surface area contributed by atoms with Gasteiger partial charge in [-0.05, 0) is 112 Å². The number of carbonyl (C=O) groups is 3. The zero-order chi connectivity index (χ0) is 49.8. The molecule has 17 nitrogen and oxygen atoms in total. The van der Waals surface area contributed by atoms with E-state index in [1.54, 1.807) is 34.8 Å². The van der Waals surface area contributed by atoms with Crippen LogP contribution in [-0.2, 0) is 58.7 Å². The fourth-order valence-electron chi connectivity index (χ4n) is 10.9. The maximum absolute atomic E-state index is 14.6. The number of rotatable bonds is 12. The number of nitrogens with zero attached hydrogens (tertiary/aromatic N) is 1. The van der Waals surface area contributed by atoms with Gasteiger partial charge in [0.1, 0.15) is 23.4 Å². The molecule has 3 fully saturated rings. The third-order valence-corrected chi connectivity index (χ3v) is 15.2. The van der Waals surface area contributed by atoms with Gasteiger partial charge in [-0.15, -0.1) is 0 Å². The fraction of sp³-hybridized carbons (Fsp3) is 0.820. The third kappa shape index (κ3) is 12.7. The Morgan fingerprint density at radius 2 is 1.57 bits per heavy atom. The van der Waals surface area contributed by atoms with Crippen LogP contribution in [0.4, 0.5) is 5.69 Å². The Hall–Kier alpha value is -2.97. The molecule has 4 heterocycles. The molecule has 1 amide bonds. The molecule has 5 N–H and O–H groups in total. The van der Waals surface area contributed by atoms with Crippen LogP contribution in [0.5, 0.6) is 0 Å². The van der Waals surface area contributed by atoms with Crippen molar-refractivity contribution in [2.24, 2.45) is 23.7 Å². The number of hydrogen-bond acceptors (Lipinski definition) is 16. The number of ether oxygens (including phenoxy) is 8. The Morgan fingerprint density at radius 3 is 2.21 bits per heavy atom. The molecule has 0 radical (unpaired) electrons. The second-order valence-corrected chi connectivity index (χ2v) is 20.9. The van der Waals surface area contributed by atoms with Crippen molar-refractivity contribution in [2.45, 2.75) is 204 Å². The third-order valence-electron chi connectivity index (χ3n) is 15.2. The van der Waals surface area contributed by atoms with Crippen molar-refractivity contribution in [3.05, 3.63) is 29.8 Å². The number of para-hydroxylation sites is 1. The van der Waals surface area contributed by atoms with Gasteiger partial charge in [-0.3, -0.25) is 14.4 Å². The number of anilines is 1. The molecule has 17 heteroatoms. The topological polar surface area (TPSA) is 213 Å². The minimum atomic E-state index is -2.03. The Labute approximate surface area is 398 Å². The van der Waals surface area contributed by atoms with Gasteiger partial charge in [-0.1, -0.05) is 39.0 Å². The standard InChI is InChI=1S/C50H83N3O14/c1-15-37-50(10,59)42(56)31(6)45(57)52-27(2)24-48(8,60-13)43(67-47-40(55)36(53(11)12)22-28(3)62-47)29(4)41(30(5)46(58)64-37)66-39-25-49(9,61-14)44(32(7)63-39)65-38(54)21-20-33-23-34-18-16-17-19-35(34)51-26-33/h16-19,27-33,36-37,39-44,47,51,55-56,59H,15,20-26H2,1-14H3,(H,52,57)/t27-,28-,29+,30-,31-,32+,33?,36+,37-,39+,40-,41-,42-,43-,44+,47+,48+,49-,50-/m1/s1. The summed E-state index contributed by atoms with van der Waals surface area (Å²) < 4.78 is 51.5. The molecule has 4 aliphatic heterocycles. The summed E-state index contributed by atoms with van der Waals surface area (Å²) >= 11 is 0. The molecule has 382 valence electrons. The van der Waals surface area contributed by atoms with Crippen molar-refractivity contribution < 1.29 is 67.6 Å². The average Bonchev–Trinajstić information content (AvgIpc) is 3.28. The van der Waals surface area contributed by atoms with E-state index in [4.69, 9.17) is 37.9 Å². The minimum absolute atomic E-state index is 0.0963. The van der Waals surface area contributed by atoms with Crippen LogP contribution in [0.1, 0.15) is 113 Å². The summed E-state index contributed by atoms with van der Waals surface area (Å²) in [7, 11) is 6.84. The maximum atomic E-state index is 14.6. The highest BCUT2D eigenvalue weighted by molar-refractivity contribution is 5.79. The fourth-order valence-corrected chi connectivity index (χ4v) is 10.9. The summed E-state index contributed by atoms with van der Waals surface area (Å²) in [5, 5.41) is 41.5. The van der Waals surface area contributed by atoms with Crippen LogP contribution in [0.2, 0.25) is 0 Å². The number of fused-ring (bicyclic) bond motifs is 1. The first-order chi connectivity index (χ1) is 31.4. The van der Waals surface area contributed by atoms with Gasteiger partial charge < -0.3 is 68.7 Å². The van der Waals surface area contributed by atoms with E-state index in [0.717, 1.165) is 18.7 Å². The van der Waals surface area contributed by atoms with Crippen LogP contribution in [-0.4, -0.2) is 163 Å². The number of likely N-dealkylation sites (N-methyl/N-ethyl adjacent to an activating group) is 1. The molecule has 0 aliphatic carbocycles. The lowest BCUT2D eigenvalue weighted by Gasteiger charge is -2.50. The molecule has 3 saturated heterocycles. The SMILES string of the molecule is CC[C@H]1OC(=O)[C@H](C)[C@H](O[C@H]2C[C@@](C)(OC)[C@@H](OC(=O)CCC3CNc4ccccc4C3)[C@H](C)O2)[C@H](C)[C@@H](O[C@@H]2O[C@H](C)C[C@H](N(C)C)[C@H]2O)[C@@](C)(OC)C[C@@H](C)NC(=O)[C@H](C)[C@@H](O)[C@]1(C)O. The predicted octanol–water partition coefficient (Wildman–Crippen LogP) is 4.35. The van der Waals surface area contributed by atoms with E-state index in [-0.39, 0.29) is 49.7 Å². The molecule has 4 aliphatic rings. The molecular weight excluding hydrogens is 867 g/mol. The predicted molar refractivity (Wildman–Crippen MR) is 250 cm³/mol. The second kappa shape index (κ2) is 22.8. The average molecular weight is 950 g/mol. The monoisotopic (exact) mass is 950 g/mol. The van der Waals surface area contributed by atoms with Crippen LogP contribution < -0.4 is 10.6 Å². The van der Waals surface area contributed by atoms with Crippen LogP contribution in [0, 0.1) is 23.7 Å². The van der Waals surface area contributed by atoms with Gasteiger partial charge in [0.2, 0.25) is 5.91 Å². The van der Waals surface area contributed by atoms with E-state index in [2.05, 4.69) is 22.8 Å². The molecule has 0 bridgehead atoms. The number of esters is 2. The van der Waals surface area contributed by atoms with Crippen molar-refractivity contribution in [2.75, 3.05) is 40.2 Å². The Kier molecular flexibility index (Phi) is 18.7. The van der Waals surface area contributed by atoms with Crippen LogP contribution >= 0.6 is 0 Å². The summed E-state index contributed by atoms with van der Waals surface area (Å²) in [5.41, 5.74) is -2.01. The summed E-state index contributed by atoms with van der Waals surface area (Å²) in [6.07, 6.45) is -7.25. The van der Waals surface area contributed by atoms with E-state index in [0.29, 0.717) is 12.8 Å². The number of nitrogens with one attached hydrogen (secondary N) is 2. The second-order valence-electron chi connectivity index (χ2n) is 20.9. The molecule has 1 aromatic rings. The first-order valence-corrected chi connectivity index (χ1v) is 24.4. The lowest BCUT2D eigenvalue weighted by atomic mass is 9.78. The van der Waals surface area contributed by atoms with Gasteiger partial charge in [0.25, 0.3) is 0 Å². The number of aliphatic hydroxyl groups is 3. The van der Waals surface area contributed by atoms with Gasteiger partial charge in [-0.2, -0.15) is 0 Å². The molecule has 1 unspecified atom stereocenters. The van der Waals surface area contributed by atoms with E-state index in [9.17, 15) is 29.7 Å². The quantitative estimate of drug-likeness (QED) is 0.184. The van der Waals surface area contributed by atoms with Crippen molar-refractivity contribution in [1.82, 2.24) is 10.2 Å². The van der Waals surface area contributed by atoms with Crippen LogP contribution in [0.25, 0.3) is 0 Å². The number of benzene rings is 1. The minimum Gasteiger partial charge on any atom is -0.459 e. The Balaban J connectivity index is 1.48. The molecular formula is C50H83N3O14. The molecule has 0 saturated carbocycles.